The summed E-state index contributed by atoms with van der Waals surface area (Å²) in [5.41, 5.74) is 5.78. The molecule has 27 heavy (non-hydrogen) atoms. The third-order valence-corrected chi connectivity index (χ3v) is 4.93. The second-order valence-electron chi connectivity index (χ2n) is 7.58. The summed E-state index contributed by atoms with van der Waals surface area (Å²) in [6.45, 7) is 11.5. The predicted molar refractivity (Wildman–Crippen MR) is 114 cm³/mol. The van der Waals surface area contributed by atoms with Crippen molar-refractivity contribution in [3.8, 4) is 0 Å². The van der Waals surface area contributed by atoms with Crippen LogP contribution in [-0.4, -0.2) is 27.6 Å². The van der Waals surface area contributed by atoms with Crippen molar-refractivity contribution in [1.82, 2.24) is 9.78 Å². The fraction of sp³-hybridized carbons (Fsp3) is 0.636. The lowest BCUT2D eigenvalue weighted by atomic mass is 9.98. The van der Waals surface area contributed by atoms with Crippen molar-refractivity contribution < 1.29 is 5.11 Å². The molecule has 1 aromatic heterocycles. The number of rotatable bonds is 4. The third kappa shape index (κ3) is 4.89. The zero-order valence-electron chi connectivity index (χ0n) is 17.9. The SMILES string of the molecule is CCC.CCCC(O)c1c2c(nn1C)N(C1=C(C)N=CC=C(C)C1)CCC2. The number of aryl methyl sites for hydroxylation is 1. The minimum atomic E-state index is -0.430. The molecule has 0 spiro atoms. The van der Waals surface area contributed by atoms with Gasteiger partial charge in [0.1, 0.15) is 0 Å². The predicted octanol–water partition coefficient (Wildman–Crippen LogP) is 5.07. The molecular formula is C22H36N4O. The van der Waals surface area contributed by atoms with Crippen LogP contribution in [0.15, 0.2) is 28.0 Å². The number of fused-ring (bicyclic) bond motifs is 1. The van der Waals surface area contributed by atoms with Crippen molar-refractivity contribution in [1.29, 1.82) is 0 Å². The van der Waals surface area contributed by atoms with Gasteiger partial charge in [-0.05, 0) is 39.2 Å². The standard InChI is InChI=1S/C19H28N4O.C3H8/c1-5-7-17(24)18-15-8-6-11-23(19(15)21-22(18)4)16-12-13(2)9-10-20-14(16)3;1-3-2/h9-10,17,24H,5-8,11-12H2,1-4H3;3H2,1-2H3. The van der Waals surface area contributed by atoms with E-state index in [1.165, 1.54) is 23.3 Å². The summed E-state index contributed by atoms with van der Waals surface area (Å²) in [5, 5.41) is 15.3. The highest BCUT2D eigenvalue weighted by molar-refractivity contribution is 5.74. The van der Waals surface area contributed by atoms with Crippen LogP contribution in [0, 0.1) is 0 Å². The molecule has 0 aromatic carbocycles. The van der Waals surface area contributed by atoms with Gasteiger partial charge < -0.3 is 10.0 Å². The minimum absolute atomic E-state index is 0.430. The van der Waals surface area contributed by atoms with Gasteiger partial charge in [0.15, 0.2) is 5.82 Å². The molecule has 2 aliphatic heterocycles. The Balaban J connectivity index is 0.000000817. The third-order valence-electron chi connectivity index (χ3n) is 4.93. The molecule has 0 fully saturated rings. The van der Waals surface area contributed by atoms with Gasteiger partial charge >= 0.3 is 0 Å². The topological polar surface area (TPSA) is 53.7 Å². The highest BCUT2D eigenvalue weighted by Gasteiger charge is 2.30. The average Bonchev–Trinajstić information content (AvgIpc) is 2.86. The van der Waals surface area contributed by atoms with Crippen LogP contribution in [0.25, 0.3) is 0 Å². The van der Waals surface area contributed by atoms with Crippen LogP contribution in [0.5, 0.6) is 0 Å². The number of aliphatic imine (C=N–C) groups is 1. The van der Waals surface area contributed by atoms with E-state index in [9.17, 15) is 5.11 Å². The van der Waals surface area contributed by atoms with E-state index >= 15 is 0 Å². The lowest BCUT2D eigenvalue weighted by Gasteiger charge is -2.31. The molecule has 1 unspecified atom stereocenters. The van der Waals surface area contributed by atoms with Crippen molar-refractivity contribution in [3.63, 3.8) is 0 Å². The van der Waals surface area contributed by atoms with E-state index in [0.717, 1.165) is 55.9 Å². The van der Waals surface area contributed by atoms with Crippen LogP contribution in [0.3, 0.4) is 0 Å². The van der Waals surface area contributed by atoms with Gasteiger partial charge in [0.2, 0.25) is 0 Å². The van der Waals surface area contributed by atoms with Crippen molar-refractivity contribution in [2.45, 2.75) is 79.2 Å². The molecule has 1 N–H and O–H groups in total. The molecule has 0 radical (unpaired) electrons. The van der Waals surface area contributed by atoms with Crippen molar-refractivity contribution >= 4 is 12.0 Å². The van der Waals surface area contributed by atoms with E-state index in [-0.39, 0.29) is 0 Å². The Labute approximate surface area is 164 Å². The molecule has 0 saturated heterocycles. The fourth-order valence-electron chi connectivity index (χ4n) is 3.73. The fourth-order valence-corrected chi connectivity index (χ4v) is 3.73. The molecule has 5 heteroatoms. The number of aromatic nitrogens is 2. The van der Waals surface area contributed by atoms with Gasteiger partial charge in [-0.1, -0.05) is 39.2 Å². The molecule has 0 bridgehead atoms. The van der Waals surface area contributed by atoms with E-state index in [4.69, 9.17) is 5.10 Å². The number of aliphatic hydroxyl groups excluding tert-OH is 1. The van der Waals surface area contributed by atoms with Gasteiger partial charge in [0, 0.05) is 37.5 Å². The van der Waals surface area contributed by atoms with Gasteiger partial charge in [-0.25, -0.2) is 0 Å². The van der Waals surface area contributed by atoms with Crippen LogP contribution in [-0.2, 0) is 13.5 Å². The summed E-state index contributed by atoms with van der Waals surface area (Å²) in [7, 11) is 1.95. The first-order valence-electron chi connectivity index (χ1n) is 10.3. The maximum atomic E-state index is 10.6. The zero-order valence-corrected chi connectivity index (χ0v) is 17.9. The molecule has 150 valence electrons. The molecule has 1 aromatic rings. The number of allylic oxidation sites excluding steroid dienone is 3. The quantitative estimate of drug-likeness (QED) is 0.802. The van der Waals surface area contributed by atoms with E-state index in [0.29, 0.717) is 0 Å². The van der Waals surface area contributed by atoms with E-state index in [1.54, 1.807) is 0 Å². The van der Waals surface area contributed by atoms with E-state index in [2.05, 4.69) is 50.6 Å². The van der Waals surface area contributed by atoms with Crippen LogP contribution >= 0.6 is 0 Å². The average molecular weight is 373 g/mol. The summed E-state index contributed by atoms with van der Waals surface area (Å²) in [4.78, 5) is 6.87. The molecule has 0 aliphatic carbocycles. The summed E-state index contributed by atoms with van der Waals surface area (Å²) in [5.74, 6) is 1.01. The van der Waals surface area contributed by atoms with Crippen molar-refractivity contribution in [2.75, 3.05) is 11.4 Å². The maximum absolute atomic E-state index is 10.6. The van der Waals surface area contributed by atoms with E-state index in [1.807, 2.05) is 17.9 Å². The Morgan fingerprint density at radius 2 is 1.93 bits per heavy atom. The number of hydrogen-bond donors (Lipinski definition) is 1. The summed E-state index contributed by atoms with van der Waals surface area (Å²) >= 11 is 0. The molecule has 5 nitrogen and oxygen atoms in total. The molecule has 2 aliphatic rings. The first-order valence-corrected chi connectivity index (χ1v) is 10.3. The summed E-state index contributed by atoms with van der Waals surface area (Å²) in [6, 6.07) is 0. The van der Waals surface area contributed by atoms with Gasteiger partial charge in [-0.2, -0.15) is 5.10 Å². The van der Waals surface area contributed by atoms with Crippen molar-refractivity contribution in [2.24, 2.45) is 12.0 Å². The van der Waals surface area contributed by atoms with Gasteiger partial charge in [0.25, 0.3) is 0 Å². The molecule has 0 saturated carbocycles. The van der Waals surface area contributed by atoms with Gasteiger partial charge in [-0.3, -0.25) is 9.67 Å². The van der Waals surface area contributed by atoms with Crippen LogP contribution in [0.4, 0.5) is 5.82 Å². The molecule has 0 amide bonds. The Hall–Kier alpha value is -1.88. The Morgan fingerprint density at radius 3 is 2.59 bits per heavy atom. The van der Waals surface area contributed by atoms with Gasteiger partial charge in [0.05, 0.1) is 17.5 Å². The highest BCUT2D eigenvalue weighted by atomic mass is 16.3. The lowest BCUT2D eigenvalue weighted by Crippen LogP contribution is -2.30. The first kappa shape index (κ1) is 21.4. The minimum Gasteiger partial charge on any atom is -0.387 e. The number of anilines is 1. The molecule has 1 atom stereocenters. The maximum Gasteiger partial charge on any atom is 0.158 e. The zero-order chi connectivity index (χ0) is 20.0. The molecule has 3 rings (SSSR count). The van der Waals surface area contributed by atoms with Gasteiger partial charge in [-0.15, -0.1) is 0 Å². The first-order chi connectivity index (χ1) is 12.9. The highest BCUT2D eigenvalue weighted by Crippen LogP contribution is 2.37. The largest absolute Gasteiger partial charge is 0.387 e. The van der Waals surface area contributed by atoms with Crippen LogP contribution < -0.4 is 4.90 Å². The number of nitrogens with zero attached hydrogens (tertiary/aromatic N) is 4. The second-order valence-corrected chi connectivity index (χ2v) is 7.58. The van der Waals surface area contributed by atoms with Crippen LogP contribution in [0.1, 0.15) is 84.1 Å². The Bertz CT molecular complexity index is 727. The van der Waals surface area contributed by atoms with E-state index < -0.39 is 6.10 Å². The smallest absolute Gasteiger partial charge is 0.158 e. The normalized spacial score (nSPS) is 17.7. The number of aliphatic hydroxyl groups is 1. The summed E-state index contributed by atoms with van der Waals surface area (Å²) in [6.07, 6.45) is 9.49. The Kier molecular flexibility index (Phi) is 7.84. The second kappa shape index (κ2) is 9.88. The summed E-state index contributed by atoms with van der Waals surface area (Å²) < 4.78 is 1.88. The van der Waals surface area contributed by atoms with Crippen LogP contribution in [0.2, 0.25) is 0 Å². The molecular weight excluding hydrogens is 336 g/mol. The van der Waals surface area contributed by atoms with Crippen molar-refractivity contribution in [3.05, 3.63) is 34.3 Å². The number of hydrogen-bond acceptors (Lipinski definition) is 4. The molecule has 3 heterocycles. The lowest BCUT2D eigenvalue weighted by molar-refractivity contribution is 0.156. The Morgan fingerprint density at radius 1 is 1.22 bits per heavy atom. The monoisotopic (exact) mass is 372 g/mol.